The van der Waals surface area contributed by atoms with Crippen LogP contribution in [0.1, 0.15) is 18.7 Å². The summed E-state index contributed by atoms with van der Waals surface area (Å²) in [6, 6.07) is 4.17. The molecule has 8 heteroatoms. The summed E-state index contributed by atoms with van der Waals surface area (Å²) in [5.41, 5.74) is 0. The molecule has 0 radical (unpaired) electrons. The van der Waals surface area contributed by atoms with Crippen LogP contribution in [0.5, 0.6) is 0 Å². The number of thiophene rings is 1. The Labute approximate surface area is 136 Å². The molecule has 21 heavy (non-hydrogen) atoms. The molecule has 5 nitrogen and oxygen atoms in total. The highest BCUT2D eigenvalue weighted by Crippen LogP contribution is 2.25. The number of hydrogen-bond donors (Lipinski definition) is 1. The lowest BCUT2D eigenvalue weighted by Gasteiger charge is -2.05. The van der Waals surface area contributed by atoms with Crippen LogP contribution in [0.25, 0.3) is 0 Å². The molecule has 0 spiro atoms. The van der Waals surface area contributed by atoms with Gasteiger partial charge in [0.2, 0.25) is 5.13 Å². The molecule has 0 aromatic carbocycles. The smallest absolute Gasteiger partial charge is 0.316 e. The van der Waals surface area contributed by atoms with Crippen LogP contribution in [-0.4, -0.2) is 34.6 Å². The average Bonchev–Trinajstić information content (AvgIpc) is 3.07. The van der Waals surface area contributed by atoms with Gasteiger partial charge < -0.3 is 10.1 Å². The molecule has 114 valence electrons. The van der Waals surface area contributed by atoms with Crippen LogP contribution in [0.3, 0.4) is 0 Å². The molecular weight excluding hydrogens is 326 g/mol. The van der Waals surface area contributed by atoms with Crippen LogP contribution in [-0.2, 0) is 16.0 Å². The number of aromatic nitrogens is 2. The van der Waals surface area contributed by atoms with Gasteiger partial charge in [0, 0.05) is 11.4 Å². The van der Waals surface area contributed by atoms with Crippen molar-refractivity contribution in [2.75, 3.05) is 17.6 Å². The Kier molecular flexibility index (Phi) is 6.47. The van der Waals surface area contributed by atoms with Crippen LogP contribution in [0, 0.1) is 0 Å². The summed E-state index contributed by atoms with van der Waals surface area (Å²) in [6.45, 7) is 4.50. The molecule has 0 saturated carbocycles. The molecule has 2 aromatic rings. The van der Waals surface area contributed by atoms with Gasteiger partial charge >= 0.3 is 5.97 Å². The molecule has 2 heterocycles. The van der Waals surface area contributed by atoms with Gasteiger partial charge in [0.05, 0.1) is 11.9 Å². The van der Waals surface area contributed by atoms with E-state index < -0.39 is 0 Å². The fraction of sp³-hybridized carbons (Fsp3) is 0.462. The van der Waals surface area contributed by atoms with E-state index in [9.17, 15) is 4.79 Å². The van der Waals surface area contributed by atoms with E-state index >= 15 is 0 Å². The lowest BCUT2D eigenvalue weighted by molar-refractivity contribution is -0.144. The summed E-state index contributed by atoms with van der Waals surface area (Å²) in [6.07, 6.45) is 0.891. The SMILES string of the molecule is CC(C)OC(=O)CSc1nnc(NCCc2cccs2)s1. The Hall–Kier alpha value is -1.12. The number of thioether (sulfide) groups is 1. The van der Waals surface area contributed by atoms with Crippen molar-refractivity contribution in [1.82, 2.24) is 10.2 Å². The van der Waals surface area contributed by atoms with Gasteiger partial charge in [-0.3, -0.25) is 4.79 Å². The third kappa shape index (κ3) is 6.03. The van der Waals surface area contributed by atoms with Crippen molar-refractivity contribution in [1.29, 1.82) is 0 Å². The molecule has 2 rings (SSSR count). The van der Waals surface area contributed by atoms with Gasteiger partial charge in [0.25, 0.3) is 0 Å². The lowest BCUT2D eigenvalue weighted by atomic mass is 10.3. The van der Waals surface area contributed by atoms with Crippen molar-refractivity contribution in [3.05, 3.63) is 22.4 Å². The molecule has 0 amide bonds. The Morgan fingerprint density at radius 3 is 3.05 bits per heavy atom. The van der Waals surface area contributed by atoms with Crippen molar-refractivity contribution in [3.63, 3.8) is 0 Å². The first-order valence-corrected chi connectivity index (χ1v) is 9.23. The topological polar surface area (TPSA) is 64.1 Å². The average molecular weight is 343 g/mol. The highest BCUT2D eigenvalue weighted by Gasteiger charge is 2.10. The van der Waals surface area contributed by atoms with Crippen molar-refractivity contribution in [2.24, 2.45) is 0 Å². The number of carbonyl (C=O) groups excluding carboxylic acids is 1. The van der Waals surface area contributed by atoms with Gasteiger partial charge in [0.1, 0.15) is 0 Å². The van der Waals surface area contributed by atoms with Crippen LogP contribution in [0.2, 0.25) is 0 Å². The number of ether oxygens (including phenoxy) is 1. The second kappa shape index (κ2) is 8.35. The Bertz CT molecular complexity index is 555. The zero-order valence-electron chi connectivity index (χ0n) is 11.9. The first-order chi connectivity index (χ1) is 10.1. The number of nitrogens with one attached hydrogen (secondary N) is 1. The highest BCUT2D eigenvalue weighted by molar-refractivity contribution is 8.01. The van der Waals surface area contributed by atoms with Crippen molar-refractivity contribution in [3.8, 4) is 0 Å². The van der Waals surface area contributed by atoms with Crippen molar-refractivity contribution in [2.45, 2.75) is 30.7 Å². The van der Waals surface area contributed by atoms with E-state index in [1.54, 1.807) is 11.3 Å². The standard InChI is InChI=1S/C13H17N3O2S3/c1-9(2)18-11(17)8-20-13-16-15-12(21-13)14-6-5-10-4-3-7-19-10/h3-4,7,9H,5-6,8H2,1-2H3,(H,14,15). The van der Waals surface area contributed by atoms with Crippen molar-refractivity contribution >= 4 is 45.5 Å². The summed E-state index contributed by atoms with van der Waals surface area (Å²) >= 11 is 4.56. The zero-order valence-corrected chi connectivity index (χ0v) is 14.3. The minimum Gasteiger partial charge on any atom is -0.462 e. The third-order valence-electron chi connectivity index (χ3n) is 2.31. The van der Waals surface area contributed by atoms with E-state index in [1.807, 2.05) is 13.8 Å². The Morgan fingerprint density at radius 2 is 2.33 bits per heavy atom. The Morgan fingerprint density at radius 1 is 1.48 bits per heavy atom. The molecule has 0 aliphatic carbocycles. The number of hydrogen-bond acceptors (Lipinski definition) is 8. The summed E-state index contributed by atoms with van der Waals surface area (Å²) in [7, 11) is 0. The van der Waals surface area contributed by atoms with E-state index in [-0.39, 0.29) is 17.8 Å². The van der Waals surface area contributed by atoms with Gasteiger partial charge in [-0.1, -0.05) is 29.2 Å². The minimum absolute atomic E-state index is 0.0815. The molecule has 1 N–H and O–H groups in total. The third-order valence-corrected chi connectivity index (χ3v) is 5.24. The molecule has 0 atom stereocenters. The summed E-state index contributed by atoms with van der Waals surface area (Å²) < 4.78 is 5.84. The van der Waals surface area contributed by atoms with Crippen molar-refractivity contribution < 1.29 is 9.53 Å². The normalized spacial score (nSPS) is 10.8. The Balaban J connectivity index is 1.70. The molecule has 0 bridgehead atoms. The van der Waals surface area contributed by atoms with Crippen LogP contribution < -0.4 is 5.32 Å². The monoisotopic (exact) mass is 343 g/mol. The predicted octanol–water partition coefficient (Wildman–Crippen LogP) is 3.30. The number of carbonyl (C=O) groups is 1. The molecule has 0 aliphatic heterocycles. The molecule has 0 saturated heterocycles. The summed E-state index contributed by atoms with van der Waals surface area (Å²) in [4.78, 5) is 12.8. The van der Waals surface area contributed by atoms with Crippen LogP contribution in [0.4, 0.5) is 5.13 Å². The molecule has 0 aliphatic rings. The lowest BCUT2D eigenvalue weighted by Crippen LogP contribution is -2.13. The fourth-order valence-corrected chi connectivity index (χ4v) is 3.77. The van der Waals surface area contributed by atoms with Gasteiger partial charge in [0.15, 0.2) is 4.34 Å². The van der Waals surface area contributed by atoms with Crippen LogP contribution in [0.15, 0.2) is 21.9 Å². The van der Waals surface area contributed by atoms with E-state index in [0.717, 1.165) is 22.4 Å². The van der Waals surface area contributed by atoms with E-state index in [4.69, 9.17) is 4.74 Å². The van der Waals surface area contributed by atoms with E-state index in [1.165, 1.54) is 28.0 Å². The maximum Gasteiger partial charge on any atom is 0.316 e. The number of anilines is 1. The maximum atomic E-state index is 11.4. The molecule has 0 fully saturated rings. The second-order valence-corrected chi connectivity index (χ2v) is 7.69. The largest absolute Gasteiger partial charge is 0.462 e. The van der Waals surface area contributed by atoms with Gasteiger partial charge in [-0.2, -0.15) is 0 Å². The predicted molar refractivity (Wildman–Crippen MR) is 88.4 cm³/mol. The first kappa shape index (κ1) is 16.3. The zero-order chi connectivity index (χ0) is 15.1. The van der Waals surface area contributed by atoms with E-state index in [2.05, 4.69) is 33.0 Å². The molecule has 0 unspecified atom stereocenters. The summed E-state index contributed by atoms with van der Waals surface area (Å²) in [5.74, 6) is 0.0413. The van der Waals surface area contributed by atoms with Gasteiger partial charge in [-0.15, -0.1) is 21.5 Å². The quantitative estimate of drug-likeness (QED) is 0.586. The number of rotatable bonds is 8. The van der Waals surface area contributed by atoms with Crippen LogP contribution >= 0.6 is 34.4 Å². The first-order valence-electron chi connectivity index (χ1n) is 6.55. The summed E-state index contributed by atoms with van der Waals surface area (Å²) in [5, 5.41) is 14.2. The van der Waals surface area contributed by atoms with Gasteiger partial charge in [-0.25, -0.2) is 0 Å². The fourth-order valence-electron chi connectivity index (χ4n) is 1.50. The highest BCUT2D eigenvalue weighted by atomic mass is 32.2. The maximum absolute atomic E-state index is 11.4. The number of nitrogens with zero attached hydrogens (tertiary/aromatic N) is 2. The van der Waals surface area contributed by atoms with Gasteiger partial charge in [-0.05, 0) is 31.7 Å². The number of esters is 1. The molecular formula is C13H17N3O2S3. The minimum atomic E-state index is -0.225. The second-order valence-electron chi connectivity index (χ2n) is 4.46. The van der Waals surface area contributed by atoms with E-state index in [0.29, 0.717) is 0 Å². The molecule has 2 aromatic heterocycles.